The third-order valence-electron chi connectivity index (χ3n) is 6.73. The lowest BCUT2D eigenvalue weighted by Gasteiger charge is -2.21. The molecule has 1 N–H and O–H groups in total. The van der Waals surface area contributed by atoms with Crippen molar-refractivity contribution in [3.63, 3.8) is 0 Å². The number of Topliss-reactive ketones (excluding diaryl/α,β-unsaturated/α-hetero) is 1. The normalized spacial score (nSPS) is 11.8. The molecule has 3 aromatic carbocycles. The zero-order valence-corrected chi connectivity index (χ0v) is 26.5. The number of rotatable bonds is 10. The van der Waals surface area contributed by atoms with Crippen LogP contribution in [0, 0.1) is 10.1 Å². The zero-order valence-electron chi connectivity index (χ0n) is 25.7. The first-order valence-electron chi connectivity index (χ1n) is 14.0. The van der Waals surface area contributed by atoms with Crippen molar-refractivity contribution in [2.24, 2.45) is 0 Å². The molecule has 0 bridgehead atoms. The smallest absolute Gasteiger partial charge is 0.338 e. The van der Waals surface area contributed by atoms with Crippen LogP contribution in [0.1, 0.15) is 60.0 Å². The molecular formula is C33H31ClN4O8. The van der Waals surface area contributed by atoms with Gasteiger partial charge in [-0.3, -0.25) is 24.5 Å². The maximum atomic E-state index is 13.8. The molecule has 0 saturated heterocycles. The van der Waals surface area contributed by atoms with Crippen LogP contribution in [0.2, 0.25) is 5.02 Å². The summed E-state index contributed by atoms with van der Waals surface area (Å²) in [6, 6.07) is 16.1. The molecule has 0 spiro atoms. The molecule has 0 aliphatic carbocycles. The molecule has 1 aromatic heterocycles. The molecule has 0 fully saturated rings. The highest BCUT2D eigenvalue weighted by Crippen LogP contribution is 2.33. The highest BCUT2D eigenvalue weighted by atomic mass is 35.5. The van der Waals surface area contributed by atoms with E-state index in [2.05, 4.69) is 10.4 Å². The van der Waals surface area contributed by atoms with Crippen LogP contribution in [-0.4, -0.2) is 45.1 Å². The van der Waals surface area contributed by atoms with Crippen molar-refractivity contribution in [2.45, 2.75) is 45.8 Å². The van der Waals surface area contributed by atoms with Crippen molar-refractivity contribution in [1.82, 2.24) is 9.78 Å². The third-order valence-corrected chi connectivity index (χ3v) is 6.96. The molecule has 4 rings (SSSR count). The number of carbonyl (C=O) groups is 3. The molecular weight excluding hydrogens is 616 g/mol. The lowest BCUT2D eigenvalue weighted by Crippen LogP contribution is -2.36. The van der Waals surface area contributed by atoms with Crippen molar-refractivity contribution in [3.8, 4) is 17.0 Å². The van der Waals surface area contributed by atoms with Crippen molar-refractivity contribution in [3.05, 3.63) is 115 Å². The number of non-ortho nitro benzene ring substituents is 1. The molecule has 238 valence electrons. The Bertz CT molecular complexity index is 1860. The Morgan fingerprint density at radius 2 is 1.65 bits per heavy atom. The Hall–Kier alpha value is -5.36. The van der Waals surface area contributed by atoms with Crippen LogP contribution in [0.3, 0.4) is 0 Å². The first kappa shape index (κ1) is 33.5. The van der Waals surface area contributed by atoms with Gasteiger partial charge in [0.15, 0.2) is 5.78 Å². The predicted octanol–water partition coefficient (Wildman–Crippen LogP) is 6.06. The fourth-order valence-electron chi connectivity index (χ4n) is 4.59. The van der Waals surface area contributed by atoms with Crippen molar-refractivity contribution in [1.29, 1.82) is 0 Å². The number of methoxy groups -OCH3 is 1. The van der Waals surface area contributed by atoms with Crippen molar-refractivity contribution >= 4 is 40.6 Å². The van der Waals surface area contributed by atoms with Gasteiger partial charge in [0, 0.05) is 40.9 Å². The molecule has 1 atom stereocenters. The molecule has 13 heteroatoms. The van der Waals surface area contributed by atoms with Crippen LogP contribution in [-0.2, 0) is 16.0 Å². The average molecular weight is 647 g/mol. The van der Waals surface area contributed by atoms with Crippen LogP contribution in [0.5, 0.6) is 5.88 Å². The van der Waals surface area contributed by atoms with E-state index in [1.54, 1.807) is 26.8 Å². The number of ether oxygens (including phenoxy) is 2. The summed E-state index contributed by atoms with van der Waals surface area (Å²) in [5.41, 5.74) is 0.414. The number of nitrogens with one attached hydrogen (secondary N) is 1. The van der Waals surface area contributed by atoms with Gasteiger partial charge >= 0.3 is 5.97 Å². The van der Waals surface area contributed by atoms with E-state index in [1.165, 1.54) is 80.8 Å². The van der Waals surface area contributed by atoms with E-state index in [0.717, 1.165) is 4.68 Å². The van der Waals surface area contributed by atoms with E-state index >= 15 is 0 Å². The SMILES string of the molecule is COc1nn(C(Cc2ccc([N+](=O)[O-])cc2)C(=O)Nc2ccc(C(=O)OC(C)(C)C)cc2)c(=O)cc1-c1cc(Cl)ccc1C(C)=O. The zero-order chi connectivity index (χ0) is 33.8. The maximum Gasteiger partial charge on any atom is 0.338 e. The van der Waals surface area contributed by atoms with Gasteiger partial charge in [0.25, 0.3) is 11.2 Å². The number of nitrogens with zero attached hydrogens (tertiary/aromatic N) is 3. The Kier molecular flexibility index (Phi) is 10.0. The number of amides is 1. The standard InChI is InChI=1S/C33H31ClN4O8/c1-19(39)25-15-10-22(34)17-26(25)27-18-29(40)37(36-31(27)45-5)28(16-20-6-13-24(14-7-20)38(43)44)30(41)35-23-11-8-21(9-12-23)32(42)46-33(2,3)4/h6-15,17-18,28H,16H2,1-5H3,(H,35,41). The number of carbonyl (C=O) groups excluding carboxylic acids is 3. The Labute approximate surface area is 269 Å². The number of hydrogen-bond acceptors (Lipinski definition) is 9. The molecule has 0 aliphatic heterocycles. The average Bonchev–Trinajstić information content (AvgIpc) is 2.99. The largest absolute Gasteiger partial charge is 0.480 e. The lowest BCUT2D eigenvalue weighted by atomic mass is 9.98. The van der Waals surface area contributed by atoms with E-state index in [1.807, 2.05) is 0 Å². The van der Waals surface area contributed by atoms with Crippen LogP contribution < -0.4 is 15.6 Å². The summed E-state index contributed by atoms with van der Waals surface area (Å²) in [7, 11) is 1.33. The van der Waals surface area contributed by atoms with E-state index in [0.29, 0.717) is 21.8 Å². The fraction of sp³-hybridized carbons (Fsp3) is 0.242. The molecule has 1 unspecified atom stereocenters. The monoisotopic (exact) mass is 646 g/mol. The molecule has 12 nitrogen and oxygen atoms in total. The molecule has 1 heterocycles. The summed E-state index contributed by atoms with van der Waals surface area (Å²) < 4.78 is 11.8. The van der Waals surface area contributed by atoms with Gasteiger partial charge in [0.2, 0.25) is 11.8 Å². The number of anilines is 1. The van der Waals surface area contributed by atoms with E-state index in [4.69, 9.17) is 21.1 Å². The van der Waals surface area contributed by atoms with E-state index in [9.17, 15) is 29.3 Å². The summed E-state index contributed by atoms with van der Waals surface area (Å²) in [6.07, 6.45) is -0.0783. The number of esters is 1. The maximum absolute atomic E-state index is 13.8. The van der Waals surface area contributed by atoms with Gasteiger partial charge in [-0.1, -0.05) is 23.7 Å². The Morgan fingerprint density at radius 1 is 1.00 bits per heavy atom. The Balaban J connectivity index is 1.75. The minimum absolute atomic E-state index is 0.0485. The van der Waals surface area contributed by atoms with Crippen molar-refractivity contribution in [2.75, 3.05) is 12.4 Å². The number of aromatic nitrogens is 2. The van der Waals surface area contributed by atoms with Crippen LogP contribution in [0.15, 0.2) is 77.6 Å². The second kappa shape index (κ2) is 13.7. The third kappa shape index (κ3) is 8.02. The summed E-state index contributed by atoms with van der Waals surface area (Å²) in [4.78, 5) is 62.8. The van der Waals surface area contributed by atoms with Crippen molar-refractivity contribution < 1.29 is 28.8 Å². The number of hydrogen-bond donors (Lipinski definition) is 1. The molecule has 1 amide bonds. The van der Waals surface area contributed by atoms with Gasteiger partial charge in [-0.15, -0.1) is 5.10 Å². The van der Waals surface area contributed by atoms with E-state index < -0.39 is 34.0 Å². The minimum atomic E-state index is -1.26. The quantitative estimate of drug-likeness (QED) is 0.0934. The van der Waals surface area contributed by atoms with E-state index in [-0.39, 0.29) is 40.5 Å². The van der Waals surface area contributed by atoms with Gasteiger partial charge in [0.05, 0.1) is 23.2 Å². The predicted molar refractivity (Wildman–Crippen MR) is 172 cm³/mol. The van der Waals surface area contributed by atoms with Crippen LogP contribution in [0.25, 0.3) is 11.1 Å². The molecule has 0 saturated carbocycles. The van der Waals surface area contributed by atoms with Gasteiger partial charge in [-0.05, 0) is 81.3 Å². The number of nitro benzene ring substituents is 1. The van der Waals surface area contributed by atoms with Crippen LogP contribution in [0.4, 0.5) is 11.4 Å². The highest BCUT2D eigenvalue weighted by molar-refractivity contribution is 6.31. The molecule has 4 aromatic rings. The number of nitro groups is 1. The highest BCUT2D eigenvalue weighted by Gasteiger charge is 2.27. The molecule has 0 aliphatic rings. The Morgan fingerprint density at radius 3 is 2.22 bits per heavy atom. The number of benzene rings is 3. The second-order valence-corrected chi connectivity index (χ2v) is 11.7. The first-order valence-corrected chi connectivity index (χ1v) is 14.4. The first-order chi connectivity index (χ1) is 21.7. The molecule has 46 heavy (non-hydrogen) atoms. The summed E-state index contributed by atoms with van der Waals surface area (Å²) in [6.45, 7) is 6.62. The number of halogens is 1. The van der Waals surface area contributed by atoms with Gasteiger partial charge in [0.1, 0.15) is 11.6 Å². The van der Waals surface area contributed by atoms with Crippen LogP contribution >= 0.6 is 11.6 Å². The fourth-order valence-corrected chi connectivity index (χ4v) is 4.76. The van der Waals surface area contributed by atoms with Gasteiger partial charge in [-0.25, -0.2) is 9.48 Å². The topological polar surface area (TPSA) is 160 Å². The van der Waals surface area contributed by atoms with Gasteiger partial charge < -0.3 is 14.8 Å². The lowest BCUT2D eigenvalue weighted by molar-refractivity contribution is -0.384. The summed E-state index contributed by atoms with van der Waals surface area (Å²) in [5.74, 6) is -1.49. The number of ketones is 1. The summed E-state index contributed by atoms with van der Waals surface area (Å²) in [5, 5.41) is 18.6. The van der Waals surface area contributed by atoms with Gasteiger partial charge in [-0.2, -0.15) is 0 Å². The summed E-state index contributed by atoms with van der Waals surface area (Å²) >= 11 is 6.21. The minimum Gasteiger partial charge on any atom is -0.480 e. The second-order valence-electron chi connectivity index (χ2n) is 11.3. The molecule has 0 radical (unpaired) electrons.